The molecule has 5 heteroatoms. The van der Waals surface area contributed by atoms with E-state index < -0.39 is 0 Å². The van der Waals surface area contributed by atoms with E-state index in [1.165, 1.54) is 0 Å². The van der Waals surface area contributed by atoms with E-state index in [9.17, 15) is 4.79 Å². The maximum atomic E-state index is 11.8. The number of halogens is 1. The Morgan fingerprint density at radius 3 is 2.76 bits per heavy atom. The van der Waals surface area contributed by atoms with Gasteiger partial charge in [-0.1, -0.05) is 22.5 Å². The summed E-state index contributed by atoms with van der Waals surface area (Å²) in [5.41, 5.74) is 0.544. The molecule has 0 bridgehead atoms. The summed E-state index contributed by atoms with van der Waals surface area (Å²) in [5.74, 6) is 1.13. The van der Waals surface area contributed by atoms with Crippen molar-refractivity contribution in [3.05, 3.63) is 34.8 Å². The summed E-state index contributed by atoms with van der Waals surface area (Å²) in [7, 11) is 0. The van der Waals surface area contributed by atoms with Gasteiger partial charge in [-0.3, -0.25) is 4.79 Å². The number of amides is 1. The molecule has 1 aliphatic rings. The van der Waals surface area contributed by atoms with Gasteiger partial charge in [0.1, 0.15) is 13.2 Å². The number of rotatable bonds is 3. The molecule has 1 heterocycles. The maximum Gasteiger partial charge on any atom is 0.251 e. The molecular formula is C12H12BrNO3. The second kappa shape index (κ2) is 5.23. The molecule has 1 aromatic carbocycles. The summed E-state index contributed by atoms with van der Waals surface area (Å²) >= 11 is 3.18. The molecule has 0 fully saturated rings. The fourth-order valence-corrected chi connectivity index (χ4v) is 1.60. The molecule has 0 unspecified atom stereocenters. The zero-order chi connectivity index (χ0) is 12.3. The minimum Gasteiger partial charge on any atom is -0.486 e. The lowest BCUT2D eigenvalue weighted by Gasteiger charge is -2.18. The maximum absolute atomic E-state index is 11.8. The summed E-state index contributed by atoms with van der Waals surface area (Å²) in [5, 5.41) is 2.72. The first-order valence-electron chi connectivity index (χ1n) is 5.18. The molecule has 17 heavy (non-hydrogen) atoms. The van der Waals surface area contributed by atoms with Gasteiger partial charge in [0.15, 0.2) is 11.5 Å². The number of carbonyl (C=O) groups excluding carboxylic acids is 1. The Bertz CT molecular complexity index is 459. The van der Waals surface area contributed by atoms with Crippen LogP contribution in [0.25, 0.3) is 0 Å². The van der Waals surface area contributed by atoms with Gasteiger partial charge in [-0.05, 0) is 18.2 Å². The van der Waals surface area contributed by atoms with E-state index >= 15 is 0 Å². The van der Waals surface area contributed by atoms with E-state index in [1.807, 2.05) is 0 Å². The second-order valence-corrected chi connectivity index (χ2v) is 4.68. The fourth-order valence-electron chi connectivity index (χ4n) is 1.46. The van der Waals surface area contributed by atoms with Crippen molar-refractivity contribution in [1.82, 2.24) is 5.32 Å². The number of fused-ring (bicyclic) bond motifs is 1. The van der Waals surface area contributed by atoms with Crippen LogP contribution < -0.4 is 14.8 Å². The van der Waals surface area contributed by atoms with Crippen LogP contribution in [-0.2, 0) is 0 Å². The van der Waals surface area contributed by atoms with Crippen molar-refractivity contribution in [3.63, 3.8) is 0 Å². The normalized spacial score (nSPS) is 13.0. The van der Waals surface area contributed by atoms with Gasteiger partial charge in [0.25, 0.3) is 5.91 Å². The lowest BCUT2D eigenvalue weighted by Crippen LogP contribution is -2.24. The third-order valence-electron chi connectivity index (χ3n) is 2.25. The number of ether oxygens (including phenoxy) is 2. The number of hydrogen-bond donors (Lipinski definition) is 1. The van der Waals surface area contributed by atoms with Crippen LogP contribution in [0.15, 0.2) is 29.3 Å². The van der Waals surface area contributed by atoms with E-state index in [1.54, 1.807) is 18.2 Å². The Morgan fingerprint density at radius 2 is 2.06 bits per heavy atom. The lowest BCUT2D eigenvalue weighted by molar-refractivity contribution is 0.0956. The Labute approximate surface area is 108 Å². The van der Waals surface area contributed by atoms with Crippen molar-refractivity contribution in [2.24, 2.45) is 0 Å². The van der Waals surface area contributed by atoms with Crippen LogP contribution in [-0.4, -0.2) is 25.7 Å². The highest BCUT2D eigenvalue weighted by Gasteiger charge is 2.14. The summed E-state index contributed by atoms with van der Waals surface area (Å²) in [4.78, 5) is 11.8. The molecule has 0 saturated heterocycles. The molecule has 1 aliphatic heterocycles. The predicted octanol–water partition coefficient (Wildman–Crippen LogP) is 2.10. The minimum atomic E-state index is -0.164. The van der Waals surface area contributed by atoms with Gasteiger partial charge < -0.3 is 14.8 Å². The largest absolute Gasteiger partial charge is 0.486 e. The van der Waals surface area contributed by atoms with Crippen LogP contribution in [0, 0.1) is 0 Å². The molecule has 4 nitrogen and oxygen atoms in total. The molecule has 0 atom stereocenters. The third kappa shape index (κ3) is 3.00. The van der Waals surface area contributed by atoms with Crippen LogP contribution in [0.2, 0.25) is 0 Å². The first-order chi connectivity index (χ1) is 8.16. The number of hydrogen-bond acceptors (Lipinski definition) is 3. The summed E-state index contributed by atoms with van der Waals surface area (Å²) < 4.78 is 11.5. The van der Waals surface area contributed by atoms with Gasteiger partial charge in [0.05, 0.1) is 0 Å². The molecule has 0 radical (unpaired) electrons. The highest BCUT2D eigenvalue weighted by molar-refractivity contribution is 9.11. The quantitative estimate of drug-likeness (QED) is 0.929. The fraction of sp³-hybridized carbons (Fsp3) is 0.250. The Kier molecular flexibility index (Phi) is 3.68. The van der Waals surface area contributed by atoms with Crippen LogP contribution >= 0.6 is 15.9 Å². The van der Waals surface area contributed by atoms with Gasteiger partial charge in [-0.25, -0.2) is 0 Å². The molecule has 0 aromatic heterocycles. The van der Waals surface area contributed by atoms with Crippen LogP contribution in [0.5, 0.6) is 11.5 Å². The standard InChI is InChI=1S/C12H12BrNO3/c1-8(13)7-14-12(15)9-2-3-10-11(6-9)17-5-4-16-10/h2-3,6H,1,4-5,7H2,(H,14,15). The average molecular weight is 298 g/mol. The highest BCUT2D eigenvalue weighted by atomic mass is 79.9. The smallest absolute Gasteiger partial charge is 0.251 e. The van der Waals surface area contributed by atoms with E-state index in [4.69, 9.17) is 9.47 Å². The molecule has 0 spiro atoms. The SMILES string of the molecule is C=C(Br)CNC(=O)c1ccc2c(c1)OCCO2. The van der Waals surface area contributed by atoms with Crippen molar-refractivity contribution in [2.75, 3.05) is 19.8 Å². The Morgan fingerprint density at radius 1 is 1.35 bits per heavy atom. The Hall–Kier alpha value is -1.49. The molecular weight excluding hydrogens is 286 g/mol. The lowest BCUT2D eigenvalue weighted by atomic mass is 10.2. The van der Waals surface area contributed by atoms with Gasteiger partial charge in [-0.15, -0.1) is 0 Å². The molecule has 2 rings (SSSR count). The van der Waals surface area contributed by atoms with Crippen molar-refractivity contribution in [2.45, 2.75) is 0 Å². The van der Waals surface area contributed by atoms with Crippen LogP contribution in [0.4, 0.5) is 0 Å². The van der Waals surface area contributed by atoms with Crippen LogP contribution in [0.3, 0.4) is 0 Å². The molecule has 90 valence electrons. The summed E-state index contributed by atoms with van der Waals surface area (Å²) in [6.45, 7) is 5.10. The van der Waals surface area contributed by atoms with Gasteiger partial charge in [0, 0.05) is 16.6 Å². The summed E-state index contributed by atoms with van der Waals surface area (Å²) in [6, 6.07) is 5.13. The predicted molar refractivity (Wildman–Crippen MR) is 67.8 cm³/mol. The van der Waals surface area contributed by atoms with Crippen molar-refractivity contribution >= 4 is 21.8 Å². The van der Waals surface area contributed by atoms with Gasteiger partial charge >= 0.3 is 0 Å². The van der Waals surface area contributed by atoms with E-state index in [0.29, 0.717) is 36.8 Å². The molecule has 0 saturated carbocycles. The van der Waals surface area contributed by atoms with Crippen molar-refractivity contribution < 1.29 is 14.3 Å². The summed E-state index contributed by atoms with van der Waals surface area (Å²) in [6.07, 6.45) is 0. The highest BCUT2D eigenvalue weighted by Crippen LogP contribution is 2.30. The van der Waals surface area contributed by atoms with Gasteiger partial charge in [-0.2, -0.15) is 0 Å². The van der Waals surface area contributed by atoms with E-state index in [0.717, 1.165) is 4.48 Å². The van der Waals surface area contributed by atoms with E-state index in [2.05, 4.69) is 27.8 Å². The number of benzene rings is 1. The zero-order valence-corrected chi connectivity index (χ0v) is 10.7. The van der Waals surface area contributed by atoms with Crippen LogP contribution in [0.1, 0.15) is 10.4 Å². The topological polar surface area (TPSA) is 47.6 Å². The number of carbonyl (C=O) groups is 1. The minimum absolute atomic E-state index is 0.164. The van der Waals surface area contributed by atoms with Crippen molar-refractivity contribution in [1.29, 1.82) is 0 Å². The second-order valence-electron chi connectivity index (χ2n) is 3.56. The first-order valence-corrected chi connectivity index (χ1v) is 5.97. The number of nitrogens with one attached hydrogen (secondary N) is 1. The monoisotopic (exact) mass is 297 g/mol. The first kappa shape index (κ1) is 12.0. The Balaban J connectivity index is 2.11. The van der Waals surface area contributed by atoms with Gasteiger partial charge in [0.2, 0.25) is 0 Å². The third-order valence-corrected chi connectivity index (χ3v) is 2.53. The molecule has 0 aliphatic carbocycles. The van der Waals surface area contributed by atoms with E-state index in [-0.39, 0.29) is 5.91 Å². The molecule has 1 amide bonds. The molecule has 1 aromatic rings. The molecule has 1 N–H and O–H groups in total. The van der Waals surface area contributed by atoms with Crippen molar-refractivity contribution in [3.8, 4) is 11.5 Å². The average Bonchev–Trinajstić information content (AvgIpc) is 2.35. The zero-order valence-electron chi connectivity index (χ0n) is 9.16.